The van der Waals surface area contributed by atoms with Crippen LogP contribution in [0.2, 0.25) is 0 Å². The Bertz CT molecular complexity index is 2290. The molecule has 0 bridgehead atoms. The SMILES string of the molecule is CC(=O)N[C@@H](C)C(=O)N1C[C@H](O)C[C@H]1C(=O)N[C@@H](C)C(=O)N[C@@H](C)C(=O)N1C[C@H](O)C[C@H]1C(=O)N[C@@H](C)C(=O)N[C@@H](C)C(=O)N1C[C@H](O)C[C@H]1C(=O)N[C@@H](C)C(=O)N[C@@H](C)C(=O)N1C[C@H](O)C[C@H]1C(=O)N[C@@H](C)C(=O)O. The van der Waals surface area contributed by atoms with Gasteiger partial charge < -0.3 is 87.7 Å². The lowest BCUT2D eigenvalue weighted by atomic mass is 10.1. The summed E-state index contributed by atoms with van der Waals surface area (Å²) in [5.41, 5.74) is 0. The van der Waals surface area contributed by atoms with Crippen molar-refractivity contribution >= 4 is 76.9 Å². The van der Waals surface area contributed by atoms with Crippen LogP contribution in [0.15, 0.2) is 0 Å². The standard InChI is InChI=1S/C46H72N12O18/c1-18(48-38(67)31-10-27(60)14-55(31)42(71)21(4)47-26(9)59)35(64)51-22(5)43(72)56-15-28(61)11-32(56)39(68)49-19(2)36(65)52-23(6)44(73)57-16-29(62)12-33(57)40(69)50-20(3)37(66)53-24(7)45(74)58-17-30(63)13-34(58)41(70)54-25(8)46(75)76/h18-25,27-34,60-63H,10-17H2,1-9H3,(H,47,59)(H,48,67)(H,49,68)(H,50,69)(H,51,64)(H,52,65)(H,53,66)(H,54,70)(H,75,76)/t18-,19-,20-,21-,22-,23-,24-,25-,27+,28+,29+,30+,31-,32-,33-,34-/m0/s1. The predicted octanol–water partition coefficient (Wildman–Crippen LogP) is -8.02. The maximum Gasteiger partial charge on any atom is 0.325 e. The van der Waals surface area contributed by atoms with E-state index in [1.54, 1.807) is 0 Å². The van der Waals surface area contributed by atoms with Crippen LogP contribution < -0.4 is 42.5 Å². The molecule has 4 heterocycles. The van der Waals surface area contributed by atoms with E-state index < -0.39 is 174 Å². The van der Waals surface area contributed by atoms with Gasteiger partial charge in [-0.2, -0.15) is 0 Å². The Morgan fingerprint density at radius 2 is 0.553 bits per heavy atom. The topological polar surface area (TPSA) is 432 Å². The fraction of sp³-hybridized carbons (Fsp3) is 0.717. The highest BCUT2D eigenvalue weighted by atomic mass is 16.4. The van der Waals surface area contributed by atoms with E-state index in [0.717, 1.165) is 19.6 Å². The van der Waals surface area contributed by atoms with Crippen LogP contribution in [-0.2, 0) is 62.3 Å². The average Bonchev–Trinajstić information content (AvgIpc) is 4.14. The summed E-state index contributed by atoms with van der Waals surface area (Å²) in [7, 11) is 0. The molecule has 30 nitrogen and oxygen atoms in total. The summed E-state index contributed by atoms with van der Waals surface area (Å²) in [6, 6.07) is -15.3. The summed E-state index contributed by atoms with van der Waals surface area (Å²) in [5, 5.41) is 69.9. The fourth-order valence-electron chi connectivity index (χ4n) is 9.28. The van der Waals surface area contributed by atoms with E-state index in [1.165, 1.54) is 62.3 Å². The first-order chi connectivity index (χ1) is 35.3. The molecule has 0 aromatic rings. The molecule has 0 radical (unpaired) electrons. The van der Waals surface area contributed by atoms with Crippen molar-refractivity contribution in [2.45, 2.75) is 185 Å². The van der Waals surface area contributed by atoms with Crippen molar-refractivity contribution in [3.05, 3.63) is 0 Å². The number of amides is 12. The quantitative estimate of drug-likeness (QED) is 0.0538. The monoisotopic (exact) mass is 1080 g/mol. The van der Waals surface area contributed by atoms with Gasteiger partial charge in [-0.1, -0.05) is 0 Å². The lowest BCUT2D eigenvalue weighted by molar-refractivity contribution is -0.144. The van der Waals surface area contributed by atoms with Crippen LogP contribution in [0.5, 0.6) is 0 Å². The average molecular weight is 1080 g/mol. The Morgan fingerprint density at radius 3 is 0.763 bits per heavy atom. The molecule has 13 N–H and O–H groups in total. The van der Waals surface area contributed by atoms with Gasteiger partial charge in [0.25, 0.3) is 0 Å². The first-order valence-electron chi connectivity index (χ1n) is 24.9. The molecule has 0 aromatic carbocycles. The second-order valence-electron chi connectivity index (χ2n) is 20.0. The van der Waals surface area contributed by atoms with Gasteiger partial charge in [0.05, 0.1) is 24.4 Å². The number of carbonyl (C=O) groups is 13. The summed E-state index contributed by atoms with van der Waals surface area (Å²) in [5.74, 6) is -10.8. The van der Waals surface area contributed by atoms with Crippen molar-refractivity contribution < 1.29 is 87.9 Å². The van der Waals surface area contributed by atoms with Crippen LogP contribution >= 0.6 is 0 Å². The maximum atomic E-state index is 13.7. The molecule has 4 fully saturated rings. The molecule has 4 aliphatic rings. The van der Waals surface area contributed by atoms with Crippen molar-refractivity contribution in [2.75, 3.05) is 26.2 Å². The van der Waals surface area contributed by atoms with Crippen LogP contribution in [-0.4, -0.2) is 245 Å². The highest BCUT2D eigenvalue weighted by Crippen LogP contribution is 2.23. The number of carboxylic acids is 1. The van der Waals surface area contributed by atoms with E-state index in [1.807, 2.05) is 0 Å². The minimum atomic E-state index is -1.35. The lowest BCUT2D eigenvalue weighted by Gasteiger charge is -2.30. The van der Waals surface area contributed by atoms with Gasteiger partial charge >= 0.3 is 5.97 Å². The van der Waals surface area contributed by atoms with Crippen LogP contribution in [0.25, 0.3) is 0 Å². The number of carboxylic acid groups (broad SMARTS) is 1. The van der Waals surface area contributed by atoms with Crippen LogP contribution in [0.3, 0.4) is 0 Å². The van der Waals surface area contributed by atoms with E-state index in [9.17, 15) is 82.8 Å². The molecular formula is C46H72N12O18. The molecule has 76 heavy (non-hydrogen) atoms. The molecule has 4 aliphatic heterocycles. The van der Waals surface area contributed by atoms with Gasteiger partial charge in [0.1, 0.15) is 72.5 Å². The molecule has 0 aliphatic carbocycles. The van der Waals surface area contributed by atoms with Crippen molar-refractivity contribution in [1.29, 1.82) is 0 Å². The van der Waals surface area contributed by atoms with Crippen molar-refractivity contribution in [1.82, 2.24) is 62.1 Å². The Kier molecular flexibility index (Phi) is 21.1. The summed E-state index contributed by atoms with van der Waals surface area (Å²) >= 11 is 0. The number of aliphatic hydroxyl groups excluding tert-OH is 4. The van der Waals surface area contributed by atoms with E-state index >= 15 is 0 Å². The fourth-order valence-corrected chi connectivity index (χ4v) is 9.28. The molecule has 12 amide bonds. The molecule has 16 atom stereocenters. The third-order valence-electron chi connectivity index (χ3n) is 13.4. The zero-order valence-electron chi connectivity index (χ0n) is 43.7. The van der Waals surface area contributed by atoms with Gasteiger partial charge in [-0.25, -0.2) is 0 Å². The number of hydrogen-bond acceptors (Lipinski definition) is 17. The third kappa shape index (κ3) is 15.5. The van der Waals surface area contributed by atoms with E-state index in [2.05, 4.69) is 42.5 Å². The highest BCUT2D eigenvalue weighted by Gasteiger charge is 2.46. The summed E-state index contributed by atoms with van der Waals surface area (Å²) in [4.78, 5) is 173. The molecule has 4 rings (SSSR count). The third-order valence-corrected chi connectivity index (χ3v) is 13.4. The minimum absolute atomic E-state index is 0.141. The van der Waals surface area contributed by atoms with Crippen LogP contribution in [0, 0.1) is 0 Å². The smallest absolute Gasteiger partial charge is 0.325 e. The highest BCUT2D eigenvalue weighted by molar-refractivity contribution is 5.99. The largest absolute Gasteiger partial charge is 0.480 e. The molecule has 4 saturated heterocycles. The number of nitrogens with one attached hydrogen (secondary N) is 8. The number of aliphatic carboxylic acids is 1. The van der Waals surface area contributed by atoms with E-state index in [0.29, 0.717) is 0 Å². The zero-order valence-corrected chi connectivity index (χ0v) is 43.7. The predicted molar refractivity (Wildman–Crippen MR) is 259 cm³/mol. The van der Waals surface area contributed by atoms with Gasteiger partial charge in [-0.3, -0.25) is 62.3 Å². The molecule has 0 saturated carbocycles. The van der Waals surface area contributed by atoms with Crippen molar-refractivity contribution in [2.24, 2.45) is 0 Å². The van der Waals surface area contributed by atoms with Gasteiger partial charge in [-0.05, 0) is 55.4 Å². The molecule has 0 unspecified atom stereocenters. The number of carbonyl (C=O) groups excluding carboxylic acids is 12. The molecule has 30 heteroatoms. The summed E-state index contributed by atoms with van der Waals surface area (Å²) in [6.45, 7) is 10.4. The second kappa shape index (κ2) is 26.1. The van der Waals surface area contributed by atoms with Gasteiger partial charge in [-0.15, -0.1) is 0 Å². The Balaban J connectivity index is 1.28. The zero-order chi connectivity index (χ0) is 57.4. The number of hydrogen-bond donors (Lipinski definition) is 13. The first-order valence-corrected chi connectivity index (χ1v) is 24.9. The van der Waals surface area contributed by atoms with Gasteiger partial charge in [0, 0.05) is 58.8 Å². The summed E-state index contributed by atoms with van der Waals surface area (Å²) < 4.78 is 0. The van der Waals surface area contributed by atoms with E-state index in [4.69, 9.17) is 5.11 Å². The number of nitrogens with zero attached hydrogens (tertiary/aromatic N) is 4. The Morgan fingerprint density at radius 1 is 0.342 bits per heavy atom. The lowest BCUT2D eigenvalue weighted by Crippen LogP contribution is -2.59. The van der Waals surface area contributed by atoms with Crippen LogP contribution in [0.4, 0.5) is 0 Å². The minimum Gasteiger partial charge on any atom is -0.480 e. The van der Waals surface area contributed by atoms with Crippen molar-refractivity contribution in [3.63, 3.8) is 0 Å². The number of β-amino-alcohol motifs (C(OH)–C–C–N with tert-alkyl or cyclic N) is 4. The Labute approximate surface area is 437 Å². The first kappa shape index (κ1) is 61.5. The summed E-state index contributed by atoms with van der Waals surface area (Å²) in [6.07, 6.45) is -5.37. The number of aliphatic hydroxyl groups is 4. The van der Waals surface area contributed by atoms with Crippen LogP contribution in [0.1, 0.15) is 88.0 Å². The maximum absolute atomic E-state index is 13.7. The normalized spacial score (nSPS) is 26.3. The van der Waals surface area contributed by atoms with Gasteiger partial charge in [0.15, 0.2) is 0 Å². The van der Waals surface area contributed by atoms with E-state index in [-0.39, 0.29) is 51.9 Å². The number of rotatable bonds is 20. The molecular weight excluding hydrogens is 1010 g/mol. The second-order valence-corrected chi connectivity index (χ2v) is 20.0. The Hall–Kier alpha value is -7.05. The number of likely N-dealkylation sites (tertiary alicyclic amines) is 4. The molecule has 0 aromatic heterocycles. The molecule has 424 valence electrons. The van der Waals surface area contributed by atoms with Crippen molar-refractivity contribution in [3.8, 4) is 0 Å². The molecule has 0 spiro atoms. The van der Waals surface area contributed by atoms with Gasteiger partial charge in [0.2, 0.25) is 70.9 Å².